The highest BCUT2D eigenvalue weighted by molar-refractivity contribution is 5.69. The molecule has 0 unspecified atom stereocenters. The van der Waals surface area contributed by atoms with Crippen molar-refractivity contribution in [1.82, 2.24) is 19.5 Å². The molecule has 0 saturated carbocycles. The Hall–Kier alpha value is -2.63. The number of rotatable bonds is 3. The fourth-order valence-electron chi connectivity index (χ4n) is 2.35. The van der Waals surface area contributed by atoms with Crippen molar-refractivity contribution in [3.05, 3.63) is 51.6 Å². The SMILES string of the molecule is Cc1ccc(CCn2c(N)nc3nc[nH]c3c2=O)cc1C. The molecule has 0 aliphatic carbocycles. The average Bonchev–Trinajstić information content (AvgIpc) is 2.90. The highest BCUT2D eigenvalue weighted by Crippen LogP contribution is 2.12. The van der Waals surface area contributed by atoms with Crippen LogP contribution in [0.3, 0.4) is 0 Å². The number of hydrogen-bond donors (Lipinski definition) is 2. The van der Waals surface area contributed by atoms with Crippen LogP contribution in [0.5, 0.6) is 0 Å². The normalized spacial score (nSPS) is 11.1. The number of aryl methyl sites for hydroxylation is 3. The highest BCUT2D eigenvalue weighted by Gasteiger charge is 2.10. The van der Waals surface area contributed by atoms with Crippen molar-refractivity contribution < 1.29 is 0 Å². The Morgan fingerprint density at radius 2 is 2.10 bits per heavy atom. The highest BCUT2D eigenvalue weighted by atomic mass is 16.1. The number of fused-ring (bicyclic) bond motifs is 1. The van der Waals surface area contributed by atoms with E-state index in [0.717, 1.165) is 6.42 Å². The quantitative estimate of drug-likeness (QED) is 0.763. The summed E-state index contributed by atoms with van der Waals surface area (Å²) in [6.07, 6.45) is 2.18. The van der Waals surface area contributed by atoms with Crippen molar-refractivity contribution in [1.29, 1.82) is 0 Å². The number of H-pyrrole nitrogens is 1. The second-order valence-corrected chi connectivity index (χ2v) is 5.20. The van der Waals surface area contributed by atoms with Crippen LogP contribution >= 0.6 is 0 Å². The summed E-state index contributed by atoms with van der Waals surface area (Å²) in [5, 5.41) is 0. The number of nitrogens with two attached hydrogens (primary N) is 1. The van der Waals surface area contributed by atoms with Crippen molar-refractivity contribution in [2.75, 3.05) is 5.73 Å². The van der Waals surface area contributed by atoms with Crippen LogP contribution in [0.1, 0.15) is 16.7 Å². The van der Waals surface area contributed by atoms with E-state index in [0.29, 0.717) is 17.7 Å². The lowest BCUT2D eigenvalue weighted by Gasteiger charge is -2.09. The van der Waals surface area contributed by atoms with E-state index in [9.17, 15) is 4.79 Å². The van der Waals surface area contributed by atoms with Gasteiger partial charge in [-0.25, -0.2) is 4.98 Å². The van der Waals surface area contributed by atoms with Gasteiger partial charge in [-0.1, -0.05) is 18.2 Å². The summed E-state index contributed by atoms with van der Waals surface area (Å²) in [7, 11) is 0. The fourth-order valence-corrected chi connectivity index (χ4v) is 2.35. The van der Waals surface area contributed by atoms with E-state index in [4.69, 9.17) is 5.73 Å². The summed E-state index contributed by atoms with van der Waals surface area (Å²) >= 11 is 0. The molecule has 2 heterocycles. The first-order chi connectivity index (χ1) is 10.1. The lowest BCUT2D eigenvalue weighted by Crippen LogP contribution is -2.25. The molecule has 0 atom stereocenters. The molecule has 3 rings (SSSR count). The third-order valence-electron chi connectivity index (χ3n) is 3.77. The number of imidazole rings is 1. The van der Waals surface area contributed by atoms with Crippen molar-refractivity contribution in [3.63, 3.8) is 0 Å². The predicted octanol–water partition coefficient (Wildman–Crippen LogP) is 1.56. The monoisotopic (exact) mass is 283 g/mol. The zero-order valence-electron chi connectivity index (χ0n) is 12.1. The van der Waals surface area contributed by atoms with E-state index in [1.807, 2.05) is 0 Å². The Labute approximate surface area is 121 Å². The maximum absolute atomic E-state index is 12.3. The lowest BCUT2D eigenvalue weighted by atomic mass is 10.0. The number of nitrogens with zero attached hydrogens (tertiary/aromatic N) is 3. The molecular formula is C15H17N5O. The van der Waals surface area contributed by atoms with Crippen LogP contribution in [0.15, 0.2) is 29.3 Å². The maximum Gasteiger partial charge on any atom is 0.280 e. The Morgan fingerprint density at radius 1 is 1.29 bits per heavy atom. The molecule has 0 aliphatic rings. The Kier molecular flexibility index (Phi) is 3.21. The third kappa shape index (κ3) is 2.40. The Bertz CT molecular complexity index is 862. The molecule has 0 amide bonds. The first-order valence-corrected chi connectivity index (χ1v) is 6.82. The number of aromatic amines is 1. The molecular weight excluding hydrogens is 266 g/mol. The van der Waals surface area contributed by atoms with E-state index >= 15 is 0 Å². The van der Waals surface area contributed by atoms with Gasteiger partial charge < -0.3 is 10.7 Å². The van der Waals surface area contributed by atoms with Crippen LogP contribution in [0.4, 0.5) is 5.95 Å². The molecule has 3 N–H and O–H groups in total. The first-order valence-electron chi connectivity index (χ1n) is 6.82. The molecule has 0 fully saturated rings. The van der Waals surface area contributed by atoms with Gasteiger partial charge in [-0.2, -0.15) is 4.98 Å². The minimum absolute atomic E-state index is 0.182. The van der Waals surface area contributed by atoms with E-state index in [1.165, 1.54) is 27.6 Å². The van der Waals surface area contributed by atoms with E-state index < -0.39 is 0 Å². The van der Waals surface area contributed by atoms with E-state index in [1.54, 1.807) is 0 Å². The molecule has 3 aromatic rings. The number of hydrogen-bond acceptors (Lipinski definition) is 4. The van der Waals surface area contributed by atoms with Crippen LogP contribution < -0.4 is 11.3 Å². The molecule has 0 saturated heterocycles. The predicted molar refractivity (Wildman–Crippen MR) is 82.2 cm³/mol. The molecule has 6 nitrogen and oxygen atoms in total. The van der Waals surface area contributed by atoms with Gasteiger partial charge in [0, 0.05) is 6.54 Å². The van der Waals surface area contributed by atoms with Gasteiger partial charge in [0.15, 0.2) is 11.2 Å². The van der Waals surface area contributed by atoms with Crippen LogP contribution in [0, 0.1) is 13.8 Å². The van der Waals surface area contributed by atoms with Gasteiger partial charge in [-0.15, -0.1) is 0 Å². The van der Waals surface area contributed by atoms with Gasteiger partial charge in [0.1, 0.15) is 0 Å². The van der Waals surface area contributed by atoms with Crippen LogP contribution in [0.25, 0.3) is 11.2 Å². The topological polar surface area (TPSA) is 89.6 Å². The zero-order valence-corrected chi connectivity index (χ0v) is 12.1. The van der Waals surface area contributed by atoms with Crippen molar-refractivity contribution in [3.8, 4) is 0 Å². The average molecular weight is 283 g/mol. The van der Waals surface area contributed by atoms with Gasteiger partial charge in [-0.05, 0) is 37.0 Å². The van der Waals surface area contributed by atoms with Crippen molar-refractivity contribution >= 4 is 17.1 Å². The van der Waals surface area contributed by atoms with Gasteiger partial charge >= 0.3 is 0 Å². The number of anilines is 1. The summed E-state index contributed by atoms with van der Waals surface area (Å²) < 4.78 is 1.48. The van der Waals surface area contributed by atoms with Crippen LogP contribution in [-0.2, 0) is 13.0 Å². The standard InChI is InChI=1S/C15H17N5O/c1-9-3-4-11(7-10(9)2)5-6-20-14(21)12-13(18-8-17-12)19-15(20)16/h3-4,7-8H,5-6H2,1-2H3,(H2,16,19)(H,17,18). The molecule has 0 aliphatic heterocycles. The molecule has 1 aromatic carbocycles. The number of benzene rings is 1. The minimum atomic E-state index is -0.182. The van der Waals surface area contributed by atoms with Crippen LogP contribution in [-0.4, -0.2) is 19.5 Å². The molecule has 2 aromatic heterocycles. The van der Waals surface area contributed by atoms with Gasteiger partial charge in [-0.3, -0.25) is 9.36 Å². The van der Waals surface area contributed by atoms with E-state index in [2.05, 4.69) is 47.0 Å². The molecule has 0 spiro atoms. The van der Waals surface area contributed by atoms with Crippen molar-refractivity contribution in [2.45, 2.75) is 26.8 Å². The summed E-state index contributed by atoms with van der Waals surface area (Å²) in [5.41, 5.74) is 10.1. The molecule has 6 heteroatoms. The van der Waals surface area contributed by atoms with Gasteiger partial charge in [0.2, 0.25) is 5.95 Å². The van der Waals surface area contributed by atoms with E-state index in [-0.39, 0.29) is 11.5 Å². The molecule has 0 radical (unpaired) electrons. The Morgan fingerprint density at radius 3 is 2.86 bits per heavy atom. The molecule has 108 valence electrons. The number of nitrogens with one attached hydrogen (secondary N) is 1. The summed E-state index contributed by atoms with van der Waals surface area (Å²) in [5.74, 6) is 0.198. The van der Waals surface area contributed by atoms with Crippen molar-refractivity contribution in [2.24, 2.45) is 0 Å². The zero-order chi connectivity index (χ0) is 15.0. The van der Waals surface area contributed by atoms with Gasteiger partial charge in [0.25, 0.3) is 5.56 Å². The summed E-state index contributed by atoms with van der Waals surface area (Å²) in [6.45, 7) is 4.66. The summed E-state index contributed by atoms with van der Waals surface area (Å²) in [6, 6.07) is 6.30. The molecule has 0 bridgehead atoms. The lowest BCUT2D eigenvalue weighted by molar-refractivity contribution is 0.673. The Balaban J connectivity index is 1.91. The first kappa shape index (κ1) is 13.4. The largest absolute Gasteiger partial charge is 0.369 e. The number of nitrogen functional groups attached to an aromatic ring is 1. The summed E-state index contributed by atoms with van der Waals surface area (Å²) in [4.78, 5) is 23.2. The maximum atomic E-state index is 12.3. The van der Waals surface area contributed by atoms with Gasteiger partial charge in [0.05, 0.1) is 6.33 Å². The smallest absolute Gasteiger partial charge is 0.280 e. The minimum Gasteiger partial charge on any atom is -0.369 e. The third-order valence-corrected chi connectivity index (χ3v) is 3.77. The molecule has 21 heavy (non-hydrogen) atoms. The second-order valence-electron chi connectivity index (χ2n) is 5.20. The van der Waals surface area contributed by atoms with Crippen LogP contribution in [0.2, 0.25) is 0 Å². The fraction of sp³-hybridized carbons (Fsp3) is 0.267. The second kappa shape index (κ2) is 5.05. The number of aromatic nitrogens is 4.